The van der Waals surface area contributed by atoms with Crippen LogP contribution in [0.25, 0.3) is 0 Å². The van der Waals surface area contributed by atoms with Crippen LogP contribution in [0.4, 0.5) is 0 Å². The SMILES string of the molecule is CC(C)CNC(=O)CCN1CCCC(N)C1=O. The molecule has 1 unspecified atom stereocenters. The molecule has 1 rings (SSSR count). The Labute approximate surface area is 103 Å². The van der Waals surface area contributed by atoms with Crippen LogP contribution in [-0.2, 0) is 9.59 Å². The van der Waals surface area contributed by atoms with Gasteiger partial charge in [-0.05, 0) is 18.8 Å². The second kappa shape index (κ2) is 6.59. The average molecular weight is 241 g/mol. The van der Waals surface area contributed by atoms with E-state index in [1.165, 1.54) is 0 Å². The van der Waals surface area contributed by atoms with Crippen molar-refractivity contribution in [1.82, 2.24) is 10.2 Å². The molecule has 1 fully saturated rings. The molecule has 1 aliphatic heterocycles. The van der Waals surface area contributed by atoms with E-state index in [9.17, 15) is 9.59 Å². The number of hydrogen-bond acceptors (Lipinski definition) is 3. The Kier molecular flexibility index (Phi) is 5.41. The van der Waals surface area contributed by atoms with Crippen LogP contribution in [0.3, 0.4) is 0 Å². The van der Waals surface area contributed by atoms with Crippen molar-refractivity contribution in [2.24, 2.45) is 11.7 Å². The number of nitrogens with one attached hydrogen (secondary N) is 1. The van der Waals surface area contributed by atoms with E-state index in [2.05, 4.69) is 5.32 Å². The van der Waals surface area contributed by atoms with E-state index < -0.39 is 0 Å². The highest BCUT2D eigenvalue weighted by Crippen LogP contribution is 2.10. The molecule has 0 bridgehead atoms. The van der Waals surface area contributed by atoms with Crippen LogP contribution >= 0.6 is 0 Å². The van der Waals surface area contributed by atoms with Gasteiger partial charge >= 0.3 is 0 Å². The zero-order valence-corrected chi connectivity index (χ0v) is 10.7. The fourth-order valence-electron chi connectivity index (χ4n) is 1.84. The molecule has 0 saturated carbocycles. The molecule has 1 atom stereocenters. The van der Waals surface area contributed by atoms with Crippen molar-refractivity contribution in [3.63, 3.8) is 0 Å². The Morgan fingerprint density at radius 1 is 1.59 bits per heavy atom. The Morgan fingerprint density at radius 2 is 2.29 bits per heavy atom. The highest BCUT2D eigenvalue weighted by molar-refractivity contribution is 5.83. The maximum Gasteiger partial charge on any atom is 0.239 e. The summed E-state index contributed by atoms with van der Waals surface area (Å²) < 4.78 is 0. The van der Waals surface area contributed by atoms with E-state index in [1.807, 2.05) is 13.8 Å². The molecule has 1 aliphatic rings. The standard InChI is InChI=1S/C12H23N3O2/c1-9(2)8-14-11(16)5-7-15-6-3-4-10(13)12(15)17/h9-10H,3-8,13H2,1-2H3,(H,14,16). The van der Waals surface area contributed by atoms with Gasteiger partial charge in [-0.15, -0.1) is 0 Å². The predicted octanol–water partition coefficient (Wildman–Crippen LogP) is 0.0984. The third-order valence-electron chi connectivity index (χ3n) is 2.89. The summed E-state index contributed by atoms with van der Waals surface area (Å²) >= 11 is 0. The van der Waals surface area contributed by atoms with Gasteiger partial charge in [-0.1, -0.05) is 13.8 Å². The Hall–Kier alpha value is -1.10. The number of hydrogen-bond donors (Lipinski definition) is 2. The summed E-state index contributed by atoms with van der Waals surface area (Å²) in [5.41, 5.74) is 5.68. The maximum atomic E-state index is 11.7. The molecule has 98 valence electrons. The van der Waals surface area contributed by atoms with Crippen molar-refractivity contribution in [2.75, 3.05) is 19.6 Å². The topological polar surface area (TPSA) is 75.4 Å². The highest BCUT2D eigenvalue weighted by atomic mass is 16.2. The van der Waals surface area contributed by atoms with Gasteiger partial charge in [0.15, 0.2) is 0 Å². The first-order valence-corrected chi connectivity index (χ1v) is 6.31. The lowest BCUT2D eigenvalue weighted by Crippen LogP contribution is -2.49. The summed E-state index contributed by atoms with van der Waals surface area (Å²) in [6.45, 7) is 5.99. The molecule has 0 spiro atoms. The first kappa shape index (κ1) is 14.0. The normalized spacial score (nSPS) is 20.8. The molecule has 5 heteroatoms. The fourth-order valence-corrected chi connectivity index (χ4v) is 1.84. The van der Waals surface area contributed by atoms with Crippen molar-refractivity contribution < 1.29 is 9.59 Å². The minimum atomic E-state index is -0.373. The van der Waals surface area contributed by atoms with Gasteiger partial charge in [0.2, 0.25) is 11.8 Å². The van der Waals surface area contributed by atoms with Gasteiger partial charge in [-0.25, -0.2) is 0 Å². The van der Waals surface area contributed by atoms with Crippen molar-refractivity contribution in [3.05, 3.63) is 0 Å². The summed E-state index contributed by atoms with van der Waals surface area (Å²) in [5.74, 6) is 0.433. The number of likely N-dealkylation sites (tertiary alicyclic amines) is 1. The van der Waals surface area contributed by atoms with E-state index >= 15 is 0 Å². The number of rotatable bonds is 5. The van der Waals surface area contributed by atoms with E-state index in [1.54, 1.807) is 4.90 Å². The summed E-state index contributed by atoms with van der Waals surface area (Å²) in [5, 5.41) is 2.84. The van der Waals surface area contributed by atoms with Crippen LogP contribution in [-0.4, -0.2) is 42.4 Å². The number of carbonyl (C=O) groups excluding carboxylic acids is 2. The summed E-state index contributed by atoms with van der Waals surface area (Å²) in [7, 11) is 0. The first-order chi connectivity index (χ1) is 8.00. The van der Waals surface area contributed by atoms with Crippen molar-refractivity contribution >= 4 is 11.8 Å². The molecule has 0 aromatic carbocycles. The van der Waals surface area contributed by atoms with Gasteiger partial charge in [0, 0.05) is 26.1 Å². The Bertz CT molecular complexity index is 279. The summed E-state index contributed by atoms with van der Waals surface area (Å²) in [4.78, 5) is 24.9. The molecule has 2 amide bonds. The van der Waals surface area contributed by atoms with Crippen LogP contribution in [0.1, 0.15) is 33.1 Å². The third kappa shape index (κ3) is 4.73. The lowest BCUT2D eigenvalue weighted by atomic mass is 10.1. The van der Waals surface area contributed by atoms with E-state index in [0.29, 0.717) is 25.4 Å². The smallest absolute Gasteiger partial charge is 0.239 e. The molecular weight excluding hydrogens is 218 g/mol. The second-order valence-electron chi connectivity index (χ2n) is 5.02. The lowest BCUT2D eigenvalue weighted by Gasteiger charge is -2.30. The Balaban J connectivity index is 2.25. The minimum Gasteiger partial charge on any atom is -0.356 e. The average Bonchev–Trinajstić information content (AvgIpc) is 2.28. The van der Waals surface area contributed by atoms with Gasteiger partial charge in [-0.3, -0.25) is 9.59 Å². The van der Waals surface area contributed by atoms with E-state index in [0.717, 1.165) is 19.4 Å². The molecule has 0 aromatic rings. The van der Waals surface area contributed by atoms with Crippen LogP contribution in [0, 0.1) is 5.92 Å². The maximum absolute atomic E-state index is 11.7. The molecule has 1 saturated heterocycles. The molecule has 17 heavy (non-hydrogen) atoms. The molecule has 0 aromatic heterocycles. The third-order valence-corrected chi connectivity index (χ3v) is 2.89. The highest BCUT2D eigenvalue weighted by Gasteiger charge is 2.25. The zero-order chi connectivity index (χ0) is 12.8. The van der Waals surface area contributed by atoms with Gasteiger partial charge < -0.3 is 16.0 Å². The van der Waals surface area contributed by atoms with Crippen molar-refractivity contribution in [2.45, 2.75) is 39.2 Å². The predicted molar refractivity (Wildman–Crippen MR) is 66.3 cm³/mol. The Morgan fingerprint density at radius 3 is 2.94 bits per heavy atom. The summed E-state index contributed by atoms with van der Waals surface area (Å²) in [6.07, 6.45) is 2.06. The van der Waals surface area contributed by atoms with Gasteiger partial charge in [-0.2, -0.15) is 0 Å². The number of nitrogens with two attached hydrogens (primary N) is 1. The van der Waals surface area contributed by atoms with Crippen LogP contribution in [0.15, 0.2) is 0 Å². The molecule has 5 nitrogen and oxygen atoms in total. The minimum absolute atomic E-state index is 0.00523. The van der Waals surface area contributed by atoms with E-state index in [4.69, 9.17) is 5.73 Å². The van der Waals surface area contributed by atoms with E-state index in [-0.39, 0.29) is 17.9 Å². The number of nitrogens with zero attached hydrogens (tertiary/aromatic N) is 1. The fraction of sp³-hybridized carbons (Fsp3) is 0.833. The van der Waals surface area contributed by atoms with Crippen molar-refractivity contribution in [1.29, 1.82) is 0 Å². The molecule has 3 N–H and O–H groups in total. The second-order valence-corrected chi connectivity index (χ2v) is 5.02. The molecule has 1 heterocycles. The lowest BCUT2D eigenvalue weighted by molar-refractivity contribution is -0.135. The van der Waals surface area contributed by atoms with Crippen LogP contribution in [0.2, 0.25) is 0 Å². The first-order valence-electron chi connectivity index (χ1n) is 6.31. The molecule has 0 radical (unpaired) electrons. The number of carbonyl (C=O) groups is 2. The zero-order valence-electron chi connectivity index (χ0n) is 10.7. The molecule has 0 aliphatic carbocycles. The van der Waals surface area contributed by atoms with Crippen LogP contribution < -0.4 is 11.1 Å². The molecular formula is C12H23N3O2. The van der Waals surface area contributed by atoms with Gasteiger partial charge in [0.05, 0.1) is 6.04 Å². The largest absolute Gasteiger partial charge is 0.356 e. The number of piperidine rings is 1. The number of amides is 2. The summed E-state index contributed by atoms with van der Waals surface area (Å²) in [6, 6.07) is -0.373. The van der Waals surface area contributed by atoms with Gasteiger partial charge in [0.1, 0.15) is 0 Å². The quantitative estimate of drug-likeness (QED) is 0.716. The van der Waals surface area contributed by atoms with Gasteiger partial charge in [0.25, 0.3) is 0 Å². The van der Waals surface area contributed by atoms with Crippen molar-refractivity contribution in [3.8, 4) is 0 Å². The monoisotopic (exact) mass is 241 g/mol. The van der Waals surface area contributed by atoms with Crippen LogP contribution in [0.5, 0.6) is 0 Å².